The number of aromatic amines is 1. The number of unbranched alkanes of at least 4 members (excludes halogenated alkanes) is 1. The molecule has 1 saturated heterocycles. The number of carbonyl (C=O) groups excluding carboxylic acids is 2. The van der Waals surface area contributed by atoms with Crippen LogP contribution in [0.15, 0.2) is 9.59 Å². The number of nitrogens with zero attached hydrogens (tertiary/aromatic N) is 3. The van der Waals surface area contributed by atoms with Crippen LogP contribution in [0.5, 0.6) is 0 Å². The van der Waals surface area contributed by atoms with Crippen LogP contribution < -0.4 is 27.2 Å². The highest BCUT2D eigenvalue weighted by Gasteiger charge is 2.30. The fraction of sp³-hybridized carbons (Fsp3) is 0.750. The van der Waals surface area contributed by atoms with E-state index in [9.17, 15) is 19.2 Å². The molecular weight excluding hydrogens is 436 g/mol. The number of nitrogens with two attached hydrogens (primary N) is 1. The predicted octanol–water partition coefficient (Wildman–Crippen LogP) is 1.39. The molecule has 1 aliphatic heterocycles. The Bertz CT molecular complexity index is 952. The number of rotatable bonds is 11. The van der Waals surface area contributed by atoms with Crippen molar-refractivity contribution in [2.45, 2.75) is 66.8 Å². The van der Waals surface area contributed by atoms with Gasteiger partial charge in [0.15, 0.2) is 5.69 Å². The molecular formula is C24H42N6O4. The molecule has 1 fully saturated rings. The number of nitrogens with one attached hydrogen (secondary N) is 2. The van der Waals surface area contributed by atoms with E-state index in [2.05, 4.69) is 17.2 Å². The molecule has 0 bridgehead atoms. The molecule has 0 aliphatic carbocycles. The number of H-pyrrole nitrogens is 1. The van der Waals surface area contributed by atoms with E-state index in [-0.39, 0.29) is 47.6 Å². The Morgan fingerprint density at radius 2 is 1.91 bits per heavy atom. The molecule has 10 nitrogen and oxygen atoms in total. The number of hydrogen-bond donors (Lipinski definition) is 3. The van der Waals surface area contributed by atoms with Crippen LogP contribution in [0.4, 0.5) is 11.5 Å². The molecule has 1 atom stereocenters. The third kappa shape index (κ3) is 7.44. The van der Waals surface area contributed by atoms with Crippen LogP contribution in [0.2, 0.25) is 0 Å². The highest BCUT2D eigenvalue weighted by Crippen LogP contribution is 2.21. The van der Waals surface area contributed by atoms with Crippen molar-refractivity contribution in [2.24, 2.45) is 17.8 Å². The Morgan fingerprint density at radius 3 is 2.53 bits per heavy atom. The molecule has 1 aromatic rings. The minimum absolute atomic E-state index is 0.00303. The average Bonchev–Trinajstić information content (AvgIpc) is 2.75. The van der Waals surface area contributed by atoms with Crippen molar-refractivity contribution in [2.75, 3.05) is 43.4 Å². The van der Waals surface area contributed by atoms with Crippen molar-refractivity contribution in [3.63, 3.8) is 0 Å². The van der Waals surface area contributed by atoms with Gasteiger partial charge in [0.05, 0.1) is 12.5 Å². The number of anilines is 2. The second-order valence-corrected chi connectivity index (χ2v) is 10.1. The van der Waals surface area contributed by atoms with Crippen LogP contribution in [-0.4, -0.2) is 59.0 Å². The number of amides is 2. The molecule has 10 heteroatoms. The second-order valence-electron chi connectivity index (χ2n) is 10.1. The zero-order chi connectivity index (χ0) is 25.4. The van der Waals surface area contributed by atoms with E-state index in [1.807, 2.05) is 32.6 Å². The van der Waals surface area contributed by atoms with Crippen molar-refractivity contribution < 1.29 is 9.59 Å². The van der Waals surface area contributed by atoms with Gasteiger partial charge in [-0.1, -0.05) is 41.0 Å². The van der Waals surface area contributed by atoms with E-state index >= 15 is 0 Å². The molecule has 2 rings (SSSR count). The molecule has 0 radical (unpaired) electrons. The average molecular weight is 479 g/mol. The van der Waals surface area contributed by atoms with Gasteiger partial charge in [-0.05, 0) is 37.6 Å². The van der Waals surface area contributed by atoms with Gasteiger partial charge in [0.2, 0.25) is 11.8 Å². The van der Waals surface area contributed by atoms with Crippen LogP contribution in [0, 0.1) is 17.8 Å². The Balaban J connectivity index is 2.25. The summed E-state index contributed by atoms with van der Waals surface area (Å²) in [5.74, 6) is -0.186. The van der Waals surface area contributed by atoms with Crippen LogP contribution >= 0.6 is 0 Å². The van der Waals surface area contributed by atoms with E-state index in [0.29, 0.717) is 32.7 Å². The second kappa shape index (κ2) is 12.7. The van der Waals surface area contributed by atoms with Crippen molar-refractivity contribution in [3.05, 3.63) is 20.8 Å². The number of piperidine rings is 1. The quantitative estimate of drug-likeness (QED) is 0.412. The van der Waals surface area contributed by atoms with Crippen molar-refractivity contribution >= 4 is 23.3 Å². The summed E-state index contributed by atoms with van der Waals surface area (Å²) in [5, 5.41) is 2.99. The molecule has 192 valence electrons. The molecule has 4 N–H and O–H groups in total. The summed E-state index contributed by atoms with van der Waals surface area (Å²) < 4.78 is 1.32. The van der Waals surface area contributed by atoms with Gasteiger partial charge in [-0.25, -0.2) is 4.79 Å². The summed E-state index contributed by atoms with van der Waals surface area (Å²) in [6, 6.07) is 0. The summed E-state index contributed by atoms with van der Waals surface area (Å²) in [7, 11) is 0. The normalized spacial score (nSPS) is 16.7. The third-order valence-corrected chi connectivity index (χ3v) is 5.95. The molecule has 2 heterocycles. The summed E-state index contributed by atoms with van der Waals surface area (Å²) in [5.41, 5.74) is 5.06. The first-order chi connectivity index (χ1) is 16.0. The maximum absolute atomic E-state index is 13.4. The highest BCUT2D eigenvalue weighted by atomic mass is 16.2. The molecule has 1 aliphatic rings. The summed E-state index contributed by atoms with van der Waals surface area (Å²) in [6.07, 6.45) is 3.58. The molecule has 34 heavy (non-hydrogen) atoms. The lowest BCUT2D eigenvalue weighted by Gasteiger charge is -2.34. The summed E-state index contributed by atoms with van der Waals surface area (Å²) in [6.45, 7) is 12.4. The SMILES string of the molecule is CCCCNC(=O)C1CCCN(CC(=O)N(CC(C)C)c2c(N)n(CC(C)C)c(=O)[nH]c2=O)C1. The highest BCUT2D eigenvalue weighted by molar-refractivity contribution is 5.97. The Morgan fingerprint density at radius 1 is 1.21 bits per heavy atom. The van der Waals surface area contributed by atoms with E-state index in [1.165, 1.54) is 9.47 Å². The fourth-order valence-electron chi connectivity index (χ4n) is 4.29. The maximum atomic E-state index is 13.4. The number of nitrogen functional groups attached to an aromatic ring is 1. The Hall–Kier alpha value is -2.62. The smallest absolute Gasteiger partial charge is 0.330 e. The minimum Gasteiger partial charge on any atom is -0.383 e. The van der Waals surface area contributed by atoms with Gasteiger partial charge >= 0.3 is 5.69 Å². The number of carbonyl (C=O) groups is 2. The topological polar surface area (TPSA) is 134 Å². The molecule has 0 spiro atoms. The number of hydrogen-bond acceptors (Lipinski definition) is 6. The van der Waals surface area contributed by atoms with Crippen LogP contribution in [0.25, 0.3) is 0 Å². The zero-order valence-electron chi connectivity index (χ0n) is 21.4. The Labute approximate surface area is 201 Å². The minimum atomic E-state index is -0.664. The Kier molecular flexibility index (Phi) is 10.3. The lowest BCUT2D eigenvalue weighted by molar-refractivity contribution is -0.128. The van der Waals surface area contributed by atoms with E-state index in [0.717, 1.165) is 25.7 Å². The molecule has 1 unspecified atom stereocenters. The van der Waals surface area contributed by atoms with Gasteiger partial charge in [0, 0.05) is 26.2 Å². The van der Waals surface area contributed by atoms with Gasteiger partial charge < -0.3 is 16.0 Å². The summed E-state index contributed by atoms with van der Waals surface area (Å²) in [4.78, 5) is 56.8. The van der Waals surface area contributed by atoms with E-state index < -0.39 is 11.2 Å². The zero-order valence-corrected chi connectivity index (χ0v) is 21.4. The molecule has 1 aromatic heterocycles. The van der Waals surface area contributed by atoms with Gasteiger partial charge in [-0.3, -0.25) is 28.8 Å². The number of likely N-dealkylation sites (tertiary alicyclic amines) is 1. The largest absolute Gasteiger partial charge is 0.383 e. The molecule has 0 aromatic carbocycles. The maximum Gasteiger partial charge on any atom is 0.330 e. The predicted molar refractivity (Wildman–Crippen MR) is 135 cm³/mol. The standard InChI is InChI=1S/C24H42N6O4/c1-6-7-10-26-22(32)18-9-8-11-28(14-18)15-19(31)29(12-16(2)3)20-21(25)30(13-17(4)5)24(34)27-23(20)33/h16-18H,6-15,25H2,1-5H3,(H,26,32)(H,27,33,34). The van der Waals surface area contributed by atoms with E-state index in [4.69, 9.17) is 5.73 Å². The first-order valence-corrected chi connectivity index (χ1v) is 12.5. The molecule has 0 saturated carbocycles. The van der Waals surface area contributed by atoms with Crippen LogP contribution in [0.3, 0.4) is 0 Å². The van der Waals surface area contributed by atoms with Crippen molar-refractivity contribution in [1.29, 1.82) is 0 Å². The van der Waals surface area contributed by atoms with Crippen molar-refractivity contribution in [3.8, 4) is 0 Å². The first kappa shape index (κ1) is 27.6. The first-order valence-electron chi connectivity index (χ1n) is 12.5. The van der Waals surface area contributed by atoms with Crippen molar-refractivity contribution in [1.82, 2.24) is 19.8 Å². The van der Waals surface area contributed by atoms with E-state index in [1.54, 1.807) is 0 Å². The summed E-state index contributed by atoms with van der Waals surface area (Å²) >= 11 is 0. The monoisotopic (exact) mass is 478 g/mol. The lowest BCUT2D eigenvalue weighted by Crippen LogP contribution is -2.50. The number of aromatic nitrogens is 2. The lowest BCUT2D eigenvalue weighted by atomic mass is 9.97. The van der Waals surface area contributed by atoms with Gasteiger partial charge in [-0.15, -0.1) is 0 Å². The van der Waals surface area contributed by atoms with Gasteiger partial charge in [-0.2, -0.15) is 0 Å². The molecule has 2 amide bonds. The van der Waals surface area contributed by atoms with Crippen LogP contribution in [-0.2, 0) is 16.1 Å². The third-order valence-electron chi connectivity index (χ3n) is 5.95. The van der Waals surface area contributed by atoms with Crippen LogP contribution in [0.1, 0.15) is 60.3 Å². The fourth-order valence-corrected chi connectivity index (χ4v) is 4.29. The van der Waals surface area contributed by atoms with Gasteiger partial charge in [0.25, 0.3) is 5.56 Å². The van der Waals surface area contributed by atoms with Gasteiger partial charge in [0.1, 0.15) is 5.82 Å².